The van der Waals surface area contributed by atoms with Crippen molar-refractivity contribution in [3.8, 4) is 0 Å². The Labute approximate surface area is 126 Å². The van der Waals surface area contributed by atoms with Crippen LogP contribution >= 0.6 is 0 Å². The molecule has 116 valence electrons. The summed E-state index contributed by atoms with van der Waals surface area (Å²) in [5, 5.41) is 2.58. The molecular formula is C16H25N3O2. The van der Waals surface area contributed by atoms with Crippen LogP contribution in [0.1, 0.15) is 35.7 Å². The van der Waals surface area contributed by atoms with Crippen LogP contribution in [0, 0.1) is 5.92 Å². The summed E-state index contributed by atoms with van der Waals surface area (Å²) >= 11 is 0. The fourth-order valence-corrected chi connectivity index (χ4v) is 1.95. The van der Waals surface area contributed by atoms with Gasteiger partial charge in [-0.3, -0.25) is 9.59 Å². The molecule has 0 fully saturated rings. The molecule has 1 unspecified atom stereocenters. The maximum absolute atomic E-state index is 12.0. The van der Waals surface area contributed by atoms with Gasteiger partial charge in [0.15, 0.2) is 0 Å². The average molecular weight is 291 g/mol. The molecule has 21 heavy (non-hydrogen) atoms. The van der Waals surface area contributed by atoms with Crippen molar-refractivity contribution in [1.29, 1.82) is 0 Å². The van der Waals surface area contributed by atoms with Crippen molar-refractivity contribution in [3.63, 3.8) is 0 Å². The molecule has 0 aliphatic rings. The van der Waals surface area contributed by atoms with Crippen LogP contribution in [0.5, 0.6) is 0 Å². The summed E-state index contributed by atoms with van der Waals surface area (Å²) in [5.41, 5.74) is 7.17. The Hall–Kier alpha value is -1.88. The molecule has 0 aliphatic carbocycles. The van der Waals surface area contributed by atoms with Crippen LogP contribution < -0.4 is 11.1 Å². The number of hydrogen-bond acceptors (Lipinski definition) is 3. The fraction of sp³-hybridized carbons (Fsp3) is 0.500. The Bertz CT molecular complexity index is 471. The first-order valence-electron chi connectivity index (χ1n) is 7.23. The van der Waals surface area contributed by atoms with E-state index < -0.39 is 0 Å². The van der Waals surface area contributed by atoms with Crippen molar-refractivity contribution < 1.29 is 9.59 Å². The molecule has 5 nitrogen and oxygen atoms in total. The van der Waals surface area contributed by atoms with E-state index >= 15 is 0 Å². The molecule has 0 saturated carbocycles. The van der Waals surface area contributed by atoms with Gasteiger partial charge in [0.05, 0.1) is 0 Å². The third kappa shape index (κ3) is 5.55. The molecule has 0 heterocycles. The average Bonchev–Trinajstić information content (AvgIpc) is 2.51. The standard InChI is InChI=1S/C16H25N3O2/c1-12(10-17)4-9-15(20)19(3)11-13-5-7-14(8-6-13)16(21)18-2/h5-8,12H,4,9-11,17H2,1-3H3,(H,18,21). The second-order valence-electron chi connectivity index (χ2n) is 5.41. The number of hydrogen-bond donors (Lipinski definition) is 2. The summed E-state index contributed by atoms with van der Waals surface area (Å²) in [6.45, 7) is 3.20. The van der Waals surface area contributed by atoms with Gasteiger partial charge in [-0.15, -0.1) is 0 Å². The van der Waals surface area contributed by atoms with Crippen LogP contribution in [0.4, 0.5) is 0 Å². The quantitative estimate of drug-likeness (QED) is 0.797. The maximum atomic E-state index is 12.0. The second-order valence-corrected chi connectivity index (χ2v) is 5.41. The molecule has 1 rings (SSSR count). The lowest BCUT2D eigenvalue weighted by Gasteiger charge is -2.18. The van der Waals surface area contributed by atoms with Crippen LogP contribution in [0.25, 0.3) is 0 Å². The third-order valence-electron chi connectivity index (χ3n) is 3.54. The van der Waals surface area contributed by atoms with Crippen LogP contribution in [-0.2, 0) is 11.3 Å². The lowest BCUT2D eigenvalue weighted by atomic mass is 10.1. The van der Waals surface area contributed by atoms with E-state index in [2.05, 4.69) is 5.32 Å². The predicted molar refractivity (Wildman–Crippen MR) is 83.8 cm³/mol. The molecule has 0 aliphatic heterocycles. The van der Waals surface area contributed by atoms with Crippen LogP contribution in [-0.4, -0.2) is 37.4 Å². The Morgan fingerprint density at radius 1 is 1.29 bits per heavy atom. The van der Waals surface area contributed by atoms with E-state index in [1.807, 2.05) is 19.1 Å². The number of amides is 2. The van der Waals surface area contributed by atoms with Crippen molar-refractivity contribution >= 4 is 11.8 Å². The first-order chi connectivity index (χ1) is 9.97. The van der Waals surface area contributed by atoms with E-state index in [4.69, 9.17) is 5.73 Å². The van der Waals surface area contributed by atoms with E-state index in [1.54, 1.807) is 31.1 Å². The highest BCUT2D eigenvalue weighted by Gasteiger charge is 2.11. The van der Waals surface area contributed by atoms with Crippen molar-refractivity contribution in [2.45, 2.75) is 26.3 Å². The zero-order valence-electron chi connectivity index (χ0n) is 13.1. The summed E-state index contributed by atoms with van der Waals surface area (Å²) < 4.78 is 0. The molecule has 3 N–H and O–H groups in total. The molecule has 0 aromatic heterocycles. The van der Waals surface area contributed by atoms with Crippen LogP contribution in [0.2, 0.25) is 0 Å². The zero-order chi connectivity index (χ0) is 15.8. The molecule has 2 amide bonds. The Balaban J connectivity index is 2.52. The normalized spacial score (nSPS) is 11.8. The lowest BCUT2D eigenvalue weighted by Crippen LogP contribution is -2.27. The van der Waals surface area contributed by atoms with Crippen molar-refractivity contribution in [2.75, 3.05) is 20.6 Å². The number of carbonyl (C=O) groups excluding carboxylic acids is 2. The number of rotatable bonds is 7. The van der Waals surface area contributed by atoms with Gasteiger partial charge in [-0.25, -0.2) is 0 Å². The van der Waals surface area contributed by atoms with Gasteiger partial charge < -0.3 is 16.0 Å². The van der Waals surface area contributed by atoms with E-state index in [9.17, 15) is 9.59 Å². The first kappa shape index (κ1) is 17.2. The monoisotopic (exact) mass is 291 g/mol. The SMILES string of the molecule is CNC(=O)c1ccc(CN(C)C(=O)CCC(C)CN)cc1. The summed E-state index contributed by atoms with van der Waals surface area (Å²) in [5.74, 6) is 0.377. The summed E-state index contributed by atoms with van der Waals surface area (Å²) in [6, 6.07) is 7.28. The smallest absolute Gasteiger partial charge is 0.251 e. The van der Waals surface area contributed by atoms with Crippen LogP contribution in [0.3, 0.4) is 0 Å². The minimum atomic E-state index is -0.109. The Morgan fingerprint density at radius 2 is 1.90 bits per heavy atom. The molecule has 0 bridgehead atoms. The number of nitrogens with two attached hydrogens (primary N) is 1. The van der Waals surface area contributed by atoms with Gasteiger partial charge in [-0.2, -0.15) is 0 Å². The molecule has 1 aromatic rings. The largest absolute Gasteiger partial charge is 0.355 e. The van der Waals surface area contributed by atoms with Gasteiger partial charge in [-0.05, 0) is 36.6 Å². The van der Waals surface area contributed by atoms with Crippen molar-refractivity contribution in [1.82, 2.24) is 10.2 Å². The summed E-state index contributed by atoms with van der Waals surface area (Å²) in [4.78, 5) is 25.2. The van der Waals surface area contributed by atoms with E-state index in [-0.39, 0.29) is 11.8 Å². The number of benzene rings is 1. The molecule has 1 aromatic carbocycles. The van der Waals surface area contributed by atoms with Gasteiger partial charge in [0.2, 0.25) is 5.91 Å². The van der Waals surface area contributed by atoms with Gasteiger partial charge >= 0.3 is 0 Å². The molecule has 0 radical (unpaired) electrons. The lowest BCUT2D eigenvalue weighted by molar-refractivity contribution is -0.130. The van der Waals surface area contributed by atoms with Gasteiger partial charge in [0.1, 0.15) is 0 Å². The van der Waals surface area contributed by atoms with E-state index in [0.717, 1.165) is 12.0 Å². The molecule has 0 saturated heterocycles. The van der Waals surface area contributed by atoms with E-state index in [1.165, 1.54) is 0 Å². The molecular weight excluding hydrogens is 266 g/mol. The van der Waals surface area contributed by atoms with E-state index in [0.29, 0.717) is 31.0 Å². The van der Waals surface area contributed by atoms with Crippen LogP contribution in [0.15, 0.2) is 24.3 Å². The second kappa shape index (κ2) is 8.42. The molecule has 0 spiro atoms. The summed E-state index contributed by atoms with van der Waals surface area (Å²) in [6.07, 6.45) is 1.33. The number of nitrogens with zero attached hydrogens (tertiary/aromatic N) is 1. The highest BCUT2D eigenvalue weighted by molar-refractivity contribution is 5.93. The molecule has 5 heteroatoms. The Kier molecular flexibility index (Phi) is 6.88. The fourth-order valence-electron chi connectivity index (χ4n) is 1.95. The third-order valence-corrected chi connectivity index (χ3v) is 3.54. The minimum absolute atomic E-state index is 0.109. The first-order valence-corrected chi connectivity index (χ1v) is 7.23. The highest BCUT2D eigenvalue weighted by Crippen LogP contribution is 2.10. The van der Waals surface area contributed by atoms with Gasteiger partial charge in [0.25, 0.3) is 5.91 Å². The van der Waals surface area contributed by atoms with Gasteiger partial charge in [0, 0.05) is 32.6 Å². The maximum Gasteiger partial charge on any atom is 0.251 e. The predicted octanol–water partition coefficient (Wildman–Crippen LogP) is 1.38. The van der Waals surface area contributed by atoms with Gasteiger partial charge in [-0.1, -0.05) is 19.1 Å². The summed E-state index contributed by atoms with van der Waals surface area (Å²) in [7, 11) is 3.40. The zero-order valence-corrected chi connectivity index (χ0v) is 13.1. The topological polar surface area (TPSA) is 75.4 Å². The molecule has 1 atom stereocenters. The van der Waals surface area contributed by atoms with Crippen molar-refractivity contribution in [2.24, 2.45) is 11.7 Å². The van der Waals surface area contributed by atoms with Crippen molar-refractivity contribution in [3.05, 3.63) is 35.4 Å². The number of carbonyl (C=O) groups is 2. The highest BCUT2D eigenvalue weighted by atomic mass is 16.2. The minimum Gasteiger partial charge on any atom is -0.355 e. The number of nitrogens with one attached hydrogen (secondary N) is 1. The Morgan fingerprint density at radius 3 is 2.43 bits per heavy atom.